The predicted octanol–water partition coefficient (Wildman–Crippen LogP) is 3.76. The third-order valence-electron chi connectivity index (χ3n) is 5.44. The molecule has 162 valence electrons. The van der Waals surface area contributed by atoms with Crippen molar-refractivity contribution < 1.29 is 14.4 Å². The van der Waals surface area contributed by atoms with Gasteiger partial charge in [0.2, 0.25) is 5.91 Å². The molecule has 0 aliphatic carbocycles. The molecule has 1 aliphatic heterocycles. The molecule has 0 bridgehead atoms. The van der Waals surface area contributed by atoms with Crippen molar-refractivity contribution in [2.24, 2.45) is 0 Å². The first kappa shape index (κ1) is 21.5. The first-order valence-corrected chi connectivity index (χ1v) is 11.1. The molecule has 4 rings (SSSR count). The maximum absolute atomic E-state index is 13.7. The number of thiophene rings is 1. The lowest BCUT2D eigenvalue weighted by atomic mass is 9.82. The number of hydrogen-bond acceptors (Lipinski definition) is 4. The minimum Gasteiger partial charge on any atom is -0.332 e. The average molecular weight is 446 g/mol. The zero-order chi connectivity index (χ0) is 22.6. The van der Waals surface area contributed by atoms with Gasteiger partial charge >= 0.3 is 6.03 Å². The van der Waals surface area contributed by atoms with E-state index in [1.807, 2.05) is 53.9 Å². The number of rotatable bonds is 8. The molecule has 32 heavy (non-hydrogen) atoms. The third kappa shape index (κ3) is 3.94. The van der Waals surface area contributed by atoms with Crippen molar-refractivity contribution >= 4 is 29.2 Å². The maximum atomic E-state index is 13.7. The summed E-state index contributed by atoms with van der Waals surface area (Å²) in [7, 11) is 0. The lowest BCUT2D eigenvalue weighted by Gasteiger charge is -2.28. The Balaban J connectivity index is 1.64. The molecule has 2 aromatic carbocycles. The van der Waals surface area contributed by atoms with Crippen LogP contribution in [0, 0.1) is 0 Å². The highest BCUT2D eigenvalue weighted by molar-refractivity contribution is 7.09. The molecule has 0 spiro atoms. The summed E-state index contributed by atoms with van der Waals surface area (Å²) in [6.45, 7) is 4.10. The fourth-order valence-electron chi connectivity index (χ4n) is 3.89. The molecule has 1 aliphatic rings. The molecular weight excluding hydrogens is 422 g/mol. The molecular formula is C25H23N3O3S. The molecule has 2 heterocycles. The van der Waals surface area contributed by atoms with E-state index in [1.54, 1.807) is 46.6 Å². The average Bonchev–Trinajstić information content (AvgIpc) is 3.42. The van der Waals surface area contributed by atoms with Gasteiger partial charge < -0.3 is 10.2 Å². The fourth-order valence-corrected chi connectivity index (χ4v) is 4.61. The van der Waals surface area contributed by atoms with Crippen molar-refractivity contribution in [3.05, 3.63) is 107 Å². The van der Waals surface area contributed by atoms with Gasteiger partial charge in [-0.2, -0.15) is 0 Å². The Hall–Kier alpha value is -3.71. The van der Waals surface area contributed by atoms with Gasteiger partial charge in [-0.25, -0.2) is 4.79 Å². The zero-order valence-corrected chi connectivity index (χ0v) is 18.3. The van der Waals surface area contributed by atoms with E-state index in [0.717, 1.165) is 9.78 Å². The fraction of sp³-hybridized carbons (Fsp3) is 0.160. The van der Waals surface area contributed by atoms with Crippen LogP contribution in [0.3, 0.4) is 0 Å². The lowest BCUT2D eigenvalue weighted by molar-refractivity contribution is -0.138. The topological polar surface area (TPSA) is 69.7 Å². The van der Waals surface area contributed by atoms with Crippen LogP contribution in [0.2, 0.25) is 0 Å². The molecule has 3 aromatic rings. The van der Waals surface area contributed by atoms with E-state index in [9.17, 15) is 14.4 Å². The number of nitrogens with zero attached hydrogens (tertiary/aromatic N) is 2. The van der Waals surface area contributed by atoms with E-state index in [4.69, 9.17) is 0 Å². The van der Waals surface area contributed by atoms with Gasteiger partial charge in [0.1, 0.15) is 6.54 Å². The largest absolute Gasteiger partial charge is 0.332 e. The summed E-state index contributed by atoms with van der Waals surface area (Å²) in [5.41, 5.74) is -0.0984. The van der Waals surface area contributed by atoms with E-state index < -0.39 is 17.5 Å². The molecule has 1 N–H and O–H groups in total. The highest BCUT2D eigenvalue weighted by atomic mass is 32.1. The summed E-state index contributed by atoms with van der Waals surface area (Å²) in [6, 6.07) is 21.5. The van der Waals surface area contributed by atoms with Crippen molar-refractivity contribution in [2.45, 2.75) is 12.1 Å². The van der Waals surface area contributed by atoms with Crippen molar-refractivity contribution in [3.8, 4) is 0 Å². The van der Waals surface area contributed by atoms with Crippen molar-refractivity contribution in [3.63, 3.8) is 0 Å². The van der Waals surface area contributed by atoms with Gasteiger partial charge in [0.05, 0.1) is 6.54 Å². The number of carbonyl (C=O) groups excluding carboxylic acids is 3. The number of carbonyl (C=O) groups is 3. The summed E-state index contributed by atoms with van der Waals surface area (Å²) in [6.07, 6.45) is 1.63. The van der Waals surface area contributed by atoms with Crippen LogP contribution in [0.15, 0.2) is 90.8 Å². The SMILES string of the molecule is C=CCN(Cc1cccs1)C(=O)CN1C(=O)NC(c2ccccc2)(c2ccccc2)C1=O. The van der Waals surface area contributed by atoms with Gasteiger partial charge in [-0.05, 0) is 22.6 Å². The summed E-state index contributed by atoms with van der Waals surface area (Å²) in [4.78, 5) is 43.4. The van der Waals surface area contributed by atoms with Crippen LogP contribution in [-0.2, 0) is 21.7 Å². The number of nitrogens with one attached hydrogen (secondary N) is 1. The monoisotopic (exact) mass is 445 g/mol. The highest BCUT2D eigenvalue weighted by Gasteiger charge is 2.54. The smallest absolute Gasteiger partial charge is 0.326 e. The second-order valence-corrected chi connectivity index (χ2v) is 8.48. The van der Waals surface area contributed by atoms with Gasteiger partial charge in [-0.3, -0.25) is 14.5 Å². The molecule has 1 aromatic heterocycles. The molecule has 0 unspecified atom stereocenters. The standard InChI is InChI=1S/C25H23N3O3S/c1-2-15-27(17-21-14-9-16-32-21)22(29)18-28-23(30)25(26-24(28)31,19-10-5-3-6-11-19)20-12-7-4-8-13-20/h2-14,16H,1,15,17-18H2,(H,26,31). The van der Waals surface area contributed by atoms with Gasteiger partial charge in [-0.1, -0.05) is 72.8 Å². The molecule has 6 nitrogen and oxygen atoms in total. The van der Waals surface area contributed by atoms with Gasteiger partial charge in [0.25, 0.3) is 5.91 Å². The molecule has 1 fully saturated rings. The normalized spacial score (nSPS) is 14.8. The Morgan fingerprint density at radius 2 is 1.62 bits per heavy atom. The van der Waals surface area contributed by atoms with Crippen LogP contribution in [0.25, 0.3) is 0 Å². The Morgan fingerprint density at radius 3 is 2.16 bits per heavy atom. The molecule has 4 amide bonds. The van der Waals surface area contributed by atoms with Crippen molar-refractivity contribution in [1.29, 1.82) is 0 Å². The number of urea groups is 1. The minimum absolute atomic E-state index is 0.321. The first-order valence-electron chi connectivity index (χ1n) is 10.2. The first-order chi connectivity index (χ1) is 15.6. The summed E-state index contributed by atoms with van der Waals surface area (Å²) in [5, 5.41) is 4.81. The number of amides is 4. The molecule has 0 atom stereocenters. The summed E-state index contributed by atoms with van der Waals surface area (Å²) >= 11 is 1.54. The van der Waals surface area contributed by atoms with Crippen molar-refractivity contribution in [1.82, 2.24) is 15.1 Å². The highest BCUT2D eigenvalue weighted by Crippen LogP contribution is 2.36. The zero-order valence-electron chi connectivity index (χ0n) is 17.4. The van der Waals surface area contributed by atoms with E-state index in [0.29, 0.717) is 24.2 Å². The number of imide groups is 1. The molecule has 1 saturated heterocycles. The van der Waals surface area contributed by atoms with E-state index in [1.165, 1.54) is 0 Å². The number of benzene rings is 2. The summed E-state index contributed by atoms with van der Waals surface area (Å²) in [5.74, 6) is -0.790. The maximum Gasteiger partial charge on any atom is 0.326 e. The van der Waals surface area contributed by atoms with E-state index >= 15 is 0 Å². The Bertz CT molecular complexity index is 1070. The Labute approximate surface area is 190 Å². The molecule has 7 heteroatoms. The van der Waals surface area contributed by atoms with E-state index in [-0.39, 0.29) is 12.5 Å². The summed E-state index contributed by atoms with van der Waals surface area (Å²) < 4.78 is 0. The van der Waals surface area contributed by atoms with Crippen molar-refractivity contribution in [2.75, 3.05) is 13.1 Å². The predicted molar refractivity (Wildman–Crippen MR) is 124 cm³/mol. The van der Waals surface area contributed by atoms with Gasteiger partial charge in [-0.15, -0.1) is 17.9 Å². The second-order valence-electron chi connectivity index (χ2n) is 7.45. The van der Waals surface area contributed by atoms with Crippen LogP contribution < -0.4 is 5.32 Å². The molecule has 0 saturated carbocycles. The van der Waals surface area contributed by atoms with Crippen LogP contribution in [0.5, 0.6) is 0 Å². The Kier molecular flexibility index (Phi) is 6.18. The molecule has 0 radical (unpaired) electrons. The van der Waals surface area contributed by atoms with Crippen LogP contribution in [0.4, 0.5) is 4.79 Å². The second kappa shape index (κ2) is 9.20. The number of hydrogen-bond donors (Lipinski definition) is 1. The lowest BCUT2D eigenvalue weighted by Crippen LogP contribution is -2.46. The van der Waals surface area contributed by atoms with Gasteiger partial charge in [0.15, 0.2) is 5.54 Å². The Morgan fingerprint density at radius 1 is 1.00 bits per heavy atom. The minimum atomic E-state index is -1.38. The van der Waals surface area contributed by atoms with Crippen LogP contribution in [-0.4, -0.2) is 40.7 Å². The van der Waals surface area contributed by atoms with E-state index in [2.05, 4.69) is 11.9 Å². The van der Waals surface area contributed by atoms with Crippen LogP contribution in [0.1, 0.15) is 16.0 Å². The quantitative estimate of drug-likeness (QED) is 0.424. The third-order valence-corrected chi connectivity index (χ3v) is 6.30. The van der Waals surface area contributed by atoms with Gasteiger partial charge in [0, 0.05) is 11.4 Å². The van der Waals surface area contributed by atoms with Crippen LogP contribution >= 0.6 is 11.3 Å².